The van der Waals surface area contributed by atoms with Gasteiger partial charge in [0.05, 0.1) is 18.0 Å². The number of hydrogen-bond acceptors (Lipinski definition) is 5. The molecule has 0 spiro atoms. The number of para-hydroxylation sites is 2. The quantitative estimate of drug-likeness (QED) is 0.922. The molecule has 1 N–H and O–H groups in total. The first kappa shape index (κ1) is 13.8. The fourth-order valence-corrected chi connectivity index (χ4v) is 1.70. The van der Waals surface area contributed by atoms with E-state index >= 15 is 0 Å². The zero-order chi connectivity index (χ0) is 14.5. The summed E-state index contributed by atoms with van der Waals surface area (Å²) in [4.78, 5) is 8.28. The highest BCUT2D eigenvalue weighted by Crippen LogP contribution is 2.28. The van der Waals surface area contributed by atoms with Crippen LogP contribution in [0.4, 0.5) is 11.5 Å². The van der Waals surface area contributed by atoms with E-state index in [0.717, 1.165) is 11.4 Å². The Balaban J connectivity index is 2.35. The lowest BCUT2D eigenvalue weighted by Gasteiger charge is -2.15. The summed E-state index contributed by atoms with van der Waals surface area (Å²) in [6.07, 6.45) is 1.58. The Morgan fingerprint density at radius 2 is 2.05 bits per heavy atom. The Morgan fingerprint density at radius 3 is 2.75 bits per heavy atom. The van der Waals surface area contributed by atoms with Crippen molar-refractivity contribution in [3.8, 4) is 11.8 Å². The molecule has 0 saturated carbocycles. The second-order valence-electron chi connectivity index (χ2n) is 4.58. The highest BCUT2D eigenvalue weighted by atomic mass is 16.5. The maximum atomic E-state index is 9.10. The summed E-state index contributed by atoms with van der Waals surface area (Å²) in [5, 5.41) is 12.2. The maximum Gasteiger partial charge on any atom is 0.152 e. The number of anilines is 2. The van der Waals surface area contributed by atoms with Crippen molar-refractivity contribution in [3.05, 3.63) is 41.9 Å². The average Bonchev–Trinajstić information content (AvgIpc) is 2.41. The van der Waals surface area contributed by atoms with Crippen molar-refractivity contribution in [2.45, 2.75) is 26.9 Å². The van der Waals surface area contributed by atoms with E-state index < -0.39 is 0 Å². The Kier molecular flexibility index (Phi) is 4.16. The van der Waals surface area contributed by atoms with Crippen LogP contribution in [0.2, 0.25) is 0 Å². The molecule has 1 heterocycles. The maximum absolute atomic E-state index is 9.10. The molecule has 0 aliphatic heterocycles. The van der Waals surface area contributed by atoms with Crippen LogP contribution in [-0.4, -0.2) is 16.1 Å². The molecule has 0 aliphatic rings. The van der Waals surface area contributed by atoms with Crippen LogP contribution in [0.3, 0.4) is 0 Å². The van der Waals surface area contributed by atoms with Crippen molar-refractivity contribution in [2.75, 3.05) is 5.32 Å². The van der Waals surface area contributed by atoms with Crippen LogP contribution in [0.15, 0.2) is 30.5 Å². The van der Waals surface area contributed by atoms with Crippen molar-refractivity contribution in [2.24, 2.45) is 0 Å². The Hall–Kier alpha value is -2.61. The van der Waals surface area contributed by atoms with Gasteiger partial charge in [0, 0.05) is 0 Å². The largest absolute Gasteiger partial charge is 0.489 e. The summed E-state index contributed by atoms with van der Waals surface area (Å²) in [7, 11) is 0. The summed E-state index contributed by atoms with van der Waals surface area (Å²) >= 11 is 0. The number of aryl methyl sites for hydroxylation is 1. The van der Waals surface area contributed by atoms with Crippen LogP contribution in [0.25, 0.3) is 0 Å². The van der Waals surface area contributed by atoms with Crippen molar-refractivity contribution in [1.29, 1.82) is 5.26 Å². The lowest BCUT2D eigenvalue weighted by molar-refractivity contribution is 0.244. The molecule has 102 valence electrons. The minimum atomic E-state index is 0.0699. The first-order chi connectivity index (χ1) is 9.60. The molecule has 2 aromatic rings. The zero-order valence-electron chi connectivity index (χ0n) is 11.7. The Bertz CT molecular complexity index is 647. The van der Waals surface area contributed by atoms with Crippen LogP contribution in [0, 0.1) is 18.3 Å². The predicted molar refractivity (Wildman–Crippen MR) is 77.0 cm³/mol. The molecule has 0 atom stereocenters. The van der Waals surface area contributed by atoms with Crippen molar-refractivity contribution < 1.29 is 4.74 Å². The van der Waals surface area contributed by atoms with Crippen LogP contribution >= 0.6 is 0 Å². The van der Waals surface area contributed by atoms with Gasteiger partial charge in [0.1, 0.15) is 23.2 Å². The third-order valence-electron chi connectivity index (χ3n) is 2.53. The number of rotatable bonds is 4. The summed E-state index contributed by atoms with van der Waals surface area (Å²) in [5.41, 5.74) is 1.17. The van der Waals surface area contributed by atoms with Gasteiger partial charge < -0.3 is 10.1 Å². The second kappa shape index (κ2) is 6.02. The van der Waals surface area contributed by atoms with Gasteiger partial charge in [-0.3, -0.25) is 0 Å². The van der Waals surface area contributed by atoms with Gasteiger partial charge in [-0.1, -0.05) is 12.1 Å². The molecule has 0 unspecified atom stereocenters. The van der Waals surface area contributed by atoms with E-state index in [1.54, 1.807) is 6.92 Å². The standard InChI is InChI=1S/C15H16N4O/c1-10(2)20-14-7-5-4-6-13(14)19-15-12(8-16)9-17-11(3)18-15/h4-7,9-10H,1-3H3,(H,17,18,19). The molecular formula is C15H16N4O. The lowest BCUT2D eigenvalue weighted by atomic mass is 10.2. The molecule has 0 saturated heterocycles. The van der Waals surface area contributed by atoms with Gasteiger partial charge >= 0.3 is 0 Å². The van der Waals surface area contributed by atoms with Crippen LogP contribution in [0.5, 0.6) is 5.75 Å². The van der Waals surface area contributed by atoms with E-state index in [1.165, 1.54) is 6.20 Å². The summed E-state index contributed by atoms with van der Waals surface area (Å²) < 4.78 is 5.73. The molecule has 0 aliphatic carbocycles. The molecule has 0 bridgehead atoms. The SMILES string of the molecule is Cc1ncc(C#N)c(Nc2ccccc2OC(C)C)n1. The van der Waals surface area contributed by atoms with Gasteiger partial charge in [-0.2, -0.15) is 5.26 Å². The number of nitrogens with one attached hydrogen (secondary N) is 1. The fraction of sp³-hybridized carbons (Fsp3) is 0.267. The van der Waals surface area contributed by atoms with Gasteiger partial charge in [0.15, 0.2) is 5.82 Å². The summed E-state index contributed by atoms with van der Waals surface area (Å²) in [5.74, 6) is 1.82. The summed E-state index contributed by atoms with van der Waals surface area (Å²) in [6.45, 7) is 5.71. The number of nitrogens with zero attached hydrogens (tertiary/aromatic N) is 3. The normalized spacial score (nSPS) is 10.2. The first-order valence-corrected chi connectivity index (χ1v) is 6.36. The van der Waals surface area contributed by atoms with E-state index in [9.17, 15) is 0 Å². The monoisotopic (exact) mass is 268 g/mol. The zero-order valence-corrected chi connectivity index (χ0v) is 11.7. The van der Waals surface area contributed by atoms with E-state index in [4.69, 9.17) is 10.00 Å². The highest BCUT2D eigenvalue weighted by molar-refractivity contribution is 5.67. The predicted octanol–water partition coefficient (Wildman–Crippen LogP) is 3.19. The molecule has 0 amide bonds. The highest BCUT2D eigenvalue weighted by Gasteiger charge is 2.09. The van der Waals surface area contributed by atoms with E-state index in [0.29, 0.717) is 17.2 Å². The van der Waals surface area contributed by atoms with Gasteiger partial charge in [-0.05, 0) is 32.9 Å². The Labute approximate surface area is 118 Å². The van der Waals surface area contributed by atoms with Gasteiger partial charge in [-0.15, -0.1) is 0 Å². The molecular weight excluding hydrogens is 252 g/mol. The summed E-state index contributed by atoms with van der Waals surface area (Å²) in [6, 6.07) is 9.64. The molecule has 5 heteroatoms. The molecule has 5 nitrogen and oxygen atoms in total. The van der Waals surface area contributed by atoms with E-state index in [1.807, 2.05) is 38.1 Å². The molecule has 2 rings (SSSR count). The van der Waals surface area contributed by atoms with Crippen LogP contribution < -0.4 is 10.1 Å². The number of hydrogen-bond donors (Lipinski definition) is 1. The fourth-order valence-electron chi connectivity index (χ4n) is 1.70. The lowest BCUT2D eigenvalue weighted by Crippen LogP contribution is -2.08. The number of nitriles is 1. The molecule has 0 radical (unpaired) electrons. The smallest absolute Gasteiger partial charge is 0.152 e. The average molecular weight is 268 g/mol. The number of aromatic nitrogens is 2. The van der Waals surface area contributed by atoms with E-state index in [-0.39, 0.29) is 6.10 Å². The Morgan fingerprint density at radius 1 is 1.30 bits per heavy atom. The van der Waals surface area contributed by atoms with Gasteiger partial charge in [0.2, 0.25) is 0 Å². The molecule has 1 aromatic carbocycles. The number of benzene rings is 1. The van der Waals surface area contributed by atoms with Gasteiger partial charge in [-0.25, -0.2) is 9.97 Å². The molecule has 20 heavy (non-hydrogen) atoms. The van der Waals surface area contributed by atoms with Crippen LogP contribution in [-0.2, 0) is 0 Å². The third-order valence-corrected chi connectivity index (χ3v) is 2.53. The van der Waals surface area contributed by atoms with Crippen molar-refractivity contribution in [3.63, 3.8) is 0 Å². The van der Waals surface area contributed by atoms with E-state index in [2.05, 4.69) is 21.4 Å². The van der Waals surface area contributed by atoms with Crippen LogP contribution in [0.1, 0.15) is 25.2 Å². The molecule has 0 fully saturated rings. The topological polar surface area (TPSA) is 70.8 Å². The van der Waals surface area contributed by atoms with Crippen molar-refractivity contribution in [1.82, 2.24) is 9.97 Å². The first-order valence-electron chi connectivity index (χ1n) is 6.36. The van der Waals surface area contributed by atoms with Gasteiger partial charge in [0.25, 0.3) is 0 Å². The minimum Gasteiger partial charge on any atom is -0.489 e. The number of ether oxygens (including phenoxy) is 1. The minimum absolute atomic E-state index is 0.0699. The van der Waals surface area contributed by atoms with Crippen molar-refractivity contribution >= 4 is 11.5 Å². The molecule has 1 aromatic heterocycles. The third kappa shape index (κ3) is 3.23. The second-order valence-corrected chi connectivity index (χ2v) is 4.58.